The van der Waals surface area contributed by atoms with E-state index in [9.17, 15) is 4.79 Å². The van der Waals surface area contributed by atoms with Crippen molar-refractivity contribution in [3.05, 3.63) is 66.7 Å². The molecule has 0 bridgehead atoms. The van der Waals surface area contributed by atoms with Gasteiger partial charge in [0.15, 0.2) is 0 Å². The molecular formula is C14H12N2O2. The Morgan fingerprint density at radius 2 is 1.94 bits per heavy atom. The molecule has 2 aromatic rings. The standard InChI is InChI=1S/C14H12N2O2/c15-14(17)13(11-5-2-1-3-6-11)10-18-12-7-4-8-16-9-12/h1-10H,(H2,15,17). The summed E-state index contributed by atoms with van der Waals surface area (Å²) < 4.78 is 5.36. The van der Waals surface area contributed by atoms with Crippen molar-refractivity contribution in [2.75, 3.05) is 0 Å². The highest BCUT2D eigenvalue weighted by molar-refractivity contribution is 6.18. The Morgan fingerprint density at radius 1 is 1.17 bits per heavy atom. The third-order valence-electron chi connectivity index (χ3n) is 2.30. The van der Waals surface area contributed by atoms with E-state index in [0.29, 0.717) is 16.9 Å². The maximum Gasteiger partial charge on any atom is 0.252 e. The summed E-state index contributed by atoms with van der Waals surface area (Å²) in [6.07, 6.45) is 4.54. The van der Waals surface area contributed by atoms with E-state index < -0.39 is 5.91 Å². The minimum atomic E-state index is -0.537. The lowest BCUT2D eigenvalue weighted by atomic mass is 10.1. The predicted molar refractivity (Wildman–Crippen MR) is 68.5 cm³/mol. The Hall–Kier alpha value is -2.62. The SMILES string of the molecule is NC(=O)C(=COc1cccnc1)c1ccccc1. The van der Waals surface area contributed by atoms with Crippen molar-refractivity contribution in [1.29, 1.82) is 0 Å². The van der Waals surface area contributed by atoms with E-state index in [1.165, 1.54) is 6.26 Å². The summed E-state index contributed by atoms with van der Waals surface area (Å²) in [6, 6.07) is 12.6. The van der Waals surface area contributed by atoms with Crippen molar-refractivity contribution >= 4 is 11.5 Å². The average molecular weight is 240 g/mol. The number of primary amides is 1. The number of amides is 1. The van der Waals surface area contributed by atoms with Gasteiger partial charge in [-0.05, 0) is 17.7 Å². The van der Waals surface area contributed by atoms with E-state index in [2.05, 4.69) is 4.98 Å². The molecule has 0 fully saturated rings. The second-order valence-corrected chi connectivity index (χ2v) is 3.57. The van der Waals surface area contributed by atoms with E-state index in [-0.39, 0.29) is 0 Å². The van der Waals surface area contributed by atoms with Gasteiger partial charge in [0.05, 0.1) is 11.8 Å². The van der Waals surface area contributed by atoms with Crippen LogP contribution in [0.25, 0.3) is 5.57 Å². The molecule has 1 aromatic carbocycles. The number of benzene rings is 1. The monoisotopic (exact) mass is 240 g/mol. The van der Waals surface area contributed by atoms with Crippen LogP contribution in [0.5, 0.6) is 5.75 Å². The summed E-state index contributed by atoms with van der Waals surface area (Å²) in [5.74, 6) is 0.0114. The van der Waals surface area contributed by atoms with Gasteiger partial charge in [-0.25, -0.2) is 0 Å². The van der Waals surface area contributed by atoms with Crippen molar-refractivity contribution in [3.63, 3.8) is 0 Å². The lowest BCUT2D eigenvalue weighted by Gasteiger charge is -2.04. The number of aromatic nitrogens is 1. The summed E-state index contributed by atoms with van der Waals surface area (Å²) in [6.45, 7) is 0. The first-order valence-electron chi connectivity index (χ1n) is 5.39. The van der Waals surface area contributed by atoms with Gasteiger partial charge in [-0.3, -0.25) is 9.78 Å². The Kier molecular flexibility index (Phi) is 3.71. The molecular weight excluding hydrogens is 228 g/mol. The zero-order valence-electron chi connectivity index (χ0n) is 9.61. The minimum absolute atomic E-state index is 0.319. The molecule has 0 aliphatic carbocycles. The van der Waals surface area contributed by atoms with Crippen LogP contribution in [0.2, 0.25) is 0 Å². The fourth-order valence-corrected chi connectivity index (χ4v) is 1.43. The Morgan fingerprint density at radius 3 is 2.56 bits per heavy atom. The average Bonchev–Trinajstić information content (AvgIpc) is 2.41. The van der Waals surface area contributed by atoms with Crippen LogP contribution in [0.4, 0.5) is 0 Å². The van der Waals surface area contributed by atoms with E-state index in [4.69, 9.17) is 10.5 Å². The van der Waals surface area contributed by atoms with Crippen molar-refractivity contribution in [2.24, 2.45) is 5.73 Å². The first-order chi connectivity index (χ1) is 8.77. The van der Waals surface area contributed by atoms with Crippen LogP contribution in [0.3, 0.4) is 0 Å². The number of hydrogen-bond donors (Lipinski definition) is 1. The highest BCUT2D eigenvalue weighted by Gasteiger charge is 2.08. The largest absolute Gasteiger partial charge is 0.463 e. The summed E-state index contributed by atoms with van der Waals surface area (Å²) >= 11 is 0. The number of carbonyl (C=O) groups excluding carboxylic acids is 1. The maximum atomic E-state index is 11.4. The molecule has 1 amide bonds. The number of rotatable bonds is 4. The van der Waals surface area contributed by atoms with Crippen LogP contribution in [-0.2, 0) is 4.79 Å². The topological polar surface area (TPSA) is 65.2 Å². The molecule has 0 atom stereocenters. The van der Waals surface area contributed by atoms with Crippen LogP contribution in [0.15, 0.2) is 61.1 Å². The van der Waals surface area contributed by atoms with Gasteiger partial charge in [0.25, 0.3) is 5.91 Å². The van der Waals surface area contributed by atoms with Gasteiger partial charge >= 0.3 is 0 Å². The van der Waals surface area contributed by atoms with Crippen LogP contribution >= 0.6 is 0 Å². The zero-order valence-corrected chi connectivity index (χ0v) is 9.61. The molecule has 0 radical (unpaired) electrons. The second kappa shape index (κ2) is 5.63. The van der Waals surface area contributed by atoms with Gasteiger partial charge in [-0.15, -0.1) is 0 Å². The van der Waals surface area contributed by atoms with E-state index in [1.807, 2.05) is 18.2 Å². The van der Waals surface area contributed by atoms with Crippen molar-refractivity contribution < 1.29 is 9.53 Å². The number of ether oxygens (including phenoxy) is 1. The Balaban J connectivity index is 2.24. The Labute approximate surface area is 105 Å². The number of carbonyl (C=O) groups is 1. The molecule has 4 nitrogen and oxygen atoms in total. The zero-order chi connectivity index (χ0) is 12.8. The molecule has 0 aliphatic heterocycles. The van der Waals surface area contributed by atoms with Gasteiger partial charge < -0.3 is 10.5 Å². The predicted octanol–water partition coefficient (Wildman–Crippen LogP) is 1.99. The van der Waals surface area contributed by atoms with E-state index >= 15 is 0 Å². The van der Waals surface area contributed by atoms with E-state index in [0.717, 1.165) is 0 Å². The molecule has 2 rings (SSSR count). The van der Waals surface area contributed by atoms with Crippen molar-refractivity contribution in [2.45, 2.75) is 0 Å². The van der Waals surface area contributed by atoms with Crippen LogP contribution < -0.4 is 10.5 Å². The molecule has 1 heterocycles. The van der Waals surface area contributed by atoms with Crippen LogP contribution in [0, 0.1) is 0 Å². The van der Waals surface area contributed by atoms with E-state index in [1.54, 1.807) is 36.7 Å². The smallest absolute Gasteiger partial charge is 0.252 e. The highest BCUT2D eigenvalue weighted by Crippen LogP contribution is 2.15. The third-order valence-corrected chi connectivity index (χ3v) is 2.30. The maximum absolute atomic E-state index is 11.4. The van der Waals surface area contributed by atoms with Gasteiger partial charge in [-0.2, -0.15) is 0 Å². The second-order valence-electron chi connectivity index (χ2n) is 3.57. The van der Waals surface area contributed by atoms with Crippen LogP contribution in [0.1, 0.15) is 5.56 Å². The Bertz CT molecular complexity index is 551. The molecule has 0 spiro atoms. The quantitative estimate of drug-likeness (QED) is 0.656. The summed E-state index contributed by atoms with van der Waals surface area (Å²) in [5, 5.41) is 0. The van der Waals surface area contributed by atoms with Gasteiger partial charge in [-0.1, -0.05) is 30.3 Å². The first-order valence-corrected chi connectivity index (χ1v) is 5.39. The minimum Gasteiger partial charge on any atom is -0.463 e. The number of pyridine rings is 1. The third kappa shape index (κ3) is 2.95. The highest BCUT2D eigenvalue weighted by atomic mass is 16.5. The molecule has 0 aliphatic rings. The number of hydrogen-bond acceptors (Lipinski definition) is 3. The molecule has 90 valence electrons. The summed E-state index contributed by atoms with van der Waals surface area (Å²) in [5.41, 5.74) is 6.37. The first kappa shape index (κ1) is 11.9. The van der Waals surface area contributed by atoms with Crippen LogP contribution in [-0.4, -0.2) is 10.9 Å². The fraction of sp³-hybridized carbons (Fsp3) is 0. The van der Waals surface area contributed by atoms with Gasteiger partial charge in [0.2, 0.25) is 0 Å². The normalized spacial score (nSPS) is 11.0. The molecule has 0 saturated carbocycles. The van der Waals surface area contributed by atoms with Crippen molar-refractivity contribution in [1.82, 2.24) is 4.98 Å². The summed E-state index contributed by atoms with van der Waals surface area (Å²) in [4.78, 5) is 15.3. The molecule has 4 heteroatoms. The number of nitrogens with two attached hydrogens (primary N) is 1. The van der Waals surface area contributed by atoms with Crippen molar-refractivity contribution in [3.8, 4) is 5.75 Å². The van der Waals surface area contributed by atoms with Gasteiger partial charge in [0, 0.05) is 6.20 Å². The fourth-order valence-electron chi connectivity index (χ4n) is 1.43. The molecule has 0 saturated heterocycles. The lowest BCUT2D eigenvalue weighted by Crippen LogP contribution is -2.13. The lowest BCUT2D eigenvalue weighted by molar-refractivity contribution is -0.112. The molecule has 2 N–H and O–H groups in total. The molecule has 1 aromatic heterocycles. The molecule has 18 heavy (non-hydrogen) atoms. The number of nitrogens with zero attached hydrogens (tertiary/aromatic N) is 1. The molecule has 0 unspecified atom stereocenters. The van der Waals surface area contributed by atoms with Gasteiger partial charge in [0.1, 0.15) is 12.0 Å². The summed E-state index contributed by atoms with van der Waals surface area (Å²) in [7, 11) is 0.